The number of esters is 2. The van der Waals surface area contributed by atoms with E-state index in [1.165, 1.54) is 18.1 Å². The lowest BCUT2D eigenvalue weighted by Gasteiger charge is -2.69. The van der Waals surface area contributed by atoms with Crippen molar-refractivity contribution in [3.05, 3.63) is 47.5 Å². The van der Waals surface area contributed by atoms with Crippen LogP contribution in [0.15, 0.2) is 46.3 Å². The lowest BCUT2D eigenvalue weighted by Crippen LogP contribution is -2.73. The molecule has 11 atom stereocenters. The molecule has 11 unspecified atom stereocenters. The van der Waals surface area contributed by atoms with E-state index in [1.54, 1.807) is 19.3 Å². The molecule has 4 fully saturated rings. The van der Waals surface area contributed by atoms with Crippen LogP contribution in [0.1, 0.15) is 85.6 Å². The molecule has 1 aliphatic heterocycles. The van der Waals surface area contributed by atoms with Gasteiger partial charge in [-0.3, -0.25) is 4.79 Å². The normalized spacial score (nSPS) is 47.5. The van der Waals surface area contributed by atoms with Gasteiger partial charge in [-0.05, 0) is 62.0 Å². The van der Waals surface area contributed by atoms with Crippen molar-refractivity contribution in [1.29, 1.82) is 0 Å². The van der Waals surface area contributed by atoms with Gasteiger partial charge in [-0.25, -0.2) is 4.79 Å². The van der Waals surface area contributed by atoms with E-state index in [0.29, 0.717) is 18.6 Å². The highest BCUT2D eigenvalue weighted by Gasteiger charge is 2.77. The topological polar surface area (TPSA) is 95.2 Å². The minimum absolute atomic E-state index is 0.0465. The Balaban J connectivity index is 1.54. The molecule has 0 spiro atoms. The second-order valence-electron chi connectivity index (χ2n) is 14.0. The molecule has 2 heterocycles. The number of hydrogen-bond donors (Lipinski definition) is 1. The molecule has 6 rings (SSSR count). The molecular weight excluding hydrogens is 508 g/mol. The second-order valence-corrected chi connectivity index (χ2v) is 14.0. The Morgan fingerprint density at radius 3 is 2.55 bits per heavy atom. The Bertz CT molecular complexity index is 1260. The molecule has 3 saturated carbocycles. The second kappa shape index (κ2) is 9.06. The fraction of sp³-hybridized carbons (Fsp3) is 0.697. The van der Waals surface area contributed by atoms with Crippen molar-refractivity contribution in [1.82, 2.24) is 0 Å². The Morgan fingerprint density at radius 1 is 1.15 bits per heavy atom. The van der Waals surface area contributed by atoms with Gasteiger partial charge in [0.25, 0.3) is 0 Å². The van der Waals surface area contributed by atoms with Crippen LogP contribution < -0.4 is 0 Å². The number of furan rings is 1. The van der Waals surface area contributed by atoms with Crippen molar-refractivity contribution in [3.8, 4) is 0 Å². The summed E-state index contributed by atoms with van der Waals surface area (Å²) in [7, 11) is 0. The predicted octanol–water partition coefficient (Wildman–Crippen LogP) is 5.73. The van der Waals surface area contributed by atoms with Crippen LogP contribution in [-0.4, -0.2) is 48.1 Å². The molecular formula is C33H44O7. The van der Waals surface area contributed by atoms with E-state index in [1.807, 2.05) is 13.2 Å². The van der Waals surface area contributed by atoms with Crippen molar-refractivity contribution in [2.45, 2.75) is 104 Å². The lowest BCUT2D eigenvalue weighted by atomic mass is 9.36. The van der Waals surface area contributed by atoms with Crippen molar-refractivity contribution in [3.63, 3.8) is 0 Å². The van der Waals surface area contributed by atoms with Gasteiger partial charge >= 0.3 is 11.9 Å². The summed E-state index contributed by atoms with van der Waals surface area (Å²) in [6.45, 7) is 14.4. The number of carbonyl (C=O) groups excluding carboxylic acids is 2. The van der Waals surface area contributed by atoms with Crippen molar-refractivity contribution in [2.24, 2.45) is 33.5 Å². The summed E-state index contributed by atoms with van der Waals surface area (Å²) < 4.78 is 24.8. The molecule has 7 heteroatoms. The minimum Gasteiger partial charge on any atom is -0.472 e. The number of fused-ring (bicyclic) bond motifs is 4. The van der Waals surface area contributed by atoms with Gasteiger partial charge in [0.2, 0.25) is 0 Å². The molecule has 40 heavy (non-hydrogen) atoms. The van der Waals surface area contributed by atoms with E-state index in [2.05, 4.69) is 39.8 Å². The van der Waals surface area contributed by atoms with Crippen LogP contribution in [0.25, 0.3) is 0 Å². The molecule has 0 aromatic carbocycles. The number of aliphatic hydroxyl groups excluding tert-OH is 1. The van der Waals surface area contributed by atoms with Gasteiger partial charge < -0.3 is 23.7 Å². The number of allylic oxidation sites excluding steroid dienone is 2. The van der Waals surface area contributed by atoms with Crippen LogP contribution in [-0.2, 0) is 23.8 Å². The summed E-state index contributed by atoms with van der Waals surface area (Å²) in [6, 6.07) is 2.07. The Kier molecular flexibility index (Phi) is 6.29. The largest absolute Gasteiger partial charge is 0.472 e. The summed E-state index contributed by atoms with van der Waals surface area (Å²) in [6.07, 6.45) is 8.74. The van der Waals surface area contributed by atoms with Crippen molar-refractivity contribution >= 4 is 11.9 Å². The van der Waals surface area contributed by atoms with Crippen LogP contribution in [0.5, 0.6) is 0 Å². The van der Waals surface area contributed by atoms with Gasteiger partial charge in [0.1, 0.15) is 12.2 Å². The molecule has 218 valence electrons. The predicted molar refractivity (Wildman–Crippen MR) is 148 cm³/mol. The number of aliphatic hydroxyl groups is 1. The number of ether oxygens (including phenoxy) is 3. The van der Waals surface area contributed by atoms with E-state index in [-0.39, 0.29) is 35.1 Å². The number of hydrogen-bond acceptors (Lipinski definition) is 7. The highest BCUT2D eigenvalue weighted by atomic mass is 16.6. The van der Waals surface area contributed by atoms with E-state index in [4.69, 9.17) is 18.6 Å². The van der Waals surface area contributed by atoms with E-state index in [9.17, 15) is 14.7 Å². The molecule has 1 aromatic heterocycles. The standard InChI is InChI=1S/C33H44O7/c1-8-18(2)29(36)40-28-26-27-31(5,17-38-26)24(35)15-25(39-19(3)34)33(27,7)23-11-13-30(4)21(20-12-14-37-16-20)9-10-22(30)32(23,28)6/h8,10,12,14,16,21,23-28,35H,9,11,13,15,17H2,1-7H3. The molecule has 0 bridgehead atoms. The van der Waals surface area contributed by atoms with Crippen LogP contribution in [0.2, 0.25) is 0 Å². The summed E-state index contributed by atoms with van der Waals surface area (Å²) in [5.41, 5.74) is 1.33. The molecule has 0 amide bonds. The van der Waals surface area contributed by atoms with Crippen LogP contribution in [0.3, 0.4) is 0 Å². The van der Waals surface area contributed by atoms with Crippen molar-refractivity contribution < 1.29 is 33.3 Å². The Labute approximate surface area is 237 Å². The van der Waals surface area contributed by atoms with Crippen LogP contribution in [0, 0.1) is 33.5 Å². The van der Waals surface area contributed by atoms with Gasteiger partial charge in [0.15, 0.2) is 0 Å². The summed E-state index contributed by atoms with van der Waals surface area (Å²) in [5.74, 6) is -0.503. The molecule has 1 N–H and O–H groups in total. The summed E-state index contributed by atoms with van der Waals surface area (Å²) >= 11 is 0. The average molecular weight is 553 g/mol. The van der Waals surface area contributed by atoms with E-state index >= 15 is 0 Å². The first-order valence-electron chi connectivity index (χ1n) is 14.9. The SMILES string of the molecule is CC=C(C)C(=O)OC1C2OCC3(C)C(O)CC(OC(C)=O)C(C)(C23)C2CCC3(C)C(=CCC3c3ccoc3)C12C. The van der Waals surface area contributed by atoms with Crippen LogP contribution in [0.4, 0.5) is 0 Å². The lowest BCUT2D eigenvalue weighted by molar-refractivity contribution is -0.264. The van der Waals surface area contributed by atoms with E-state index < -0.39 is 40.7 Å². The molecule has 0 radical (unpaired) electrons. The van der Waals surface area contributed by atoms with Gasteiger partial charge in [-0.1, -0.05) is 45.4 Å². The Morgan fingerprint density at radius 2 is 1.90 bits per heavy atom. The first-order chi connectivity index (χ1) is 18.8. The summed E-state index contributed by atoms with van der Waals surface area (Å²) in [5, 5.41) is 11.5. The maximum Gasteiger partial charge on any atom is 0.333 e. The zero-order valence-electron chi connectivity index (χ0n) is 24.9. The fourth-order valence-corrected chi connectivity index (χ4v) is 10.3. The molecule has 4 aliphatic carbocycles. The number of rotatable bonds is 4. The third-order valence-electron chi connectivity index (χ3n) is 12.3. The third-order valence-corrected chi connectivity index (χ3v) is 12.3. The average Bonchev–Trinajstić information content (AvgIpc) is 3.63. The molecule has 1 saturated heterocycles. The van der Waals surface area contributed by atoms with Crippen molar-refractivity contribution in [2.75, 3.05) is 6.61 Å². The molecule has 5 aliphatic rings. The fourth-order valence-electron chi connectivity index (χ4n) is 10.3. The van der Waals surface area contributed by atoms with Gasteiger partial charge in [-0.15, -0.1) is 0 Å². The van der Waals surface area contributed by atoms with Gasteiger partial charge in [0.05, 0.1) is 31.3 Å². The maximum atomic E-state index is 13.5. The van der Waals surface area contributed by atoms with E-state index in [0.717, 1.165) is 19.3 Å². The number of carbonyl (C=O) groups is 2. The summed E-state index contributed by atoms with van der Waals surface area (Å²) in [4.78, 5) is 25.9. The molecule has 1 aromatic rings. The zero-order valence-corrected chi connectivity index (χ0v) is 24.9. The van der Waals surface area contributed by atoms with Gasteiger partial charge in [0, 0.05) is 41.1 Å². The zero-order chi connectivity index (χ0) is 28.8. The van der Waals surface area contributed by atoms with Crippen LogP contribution >= 0.6 is 0 Å². The maximum absolute atomic E-state index is 13.5. The minimum atomic E-state index is -0.692. The highest BCUT2D eigenvalue weighted by Crippen LogP contribution is 2.75. The Hall–Kier alpha value is -2.38. The molecule has 7 nitrogen and oxygen atoms in total. The monoisotopic (exact) mass is 552 g/mol. The third kappa shape index (κ3) is 3.43. The highest BCUT2D eigenvalue weighted by molar-refractivity contribution is 5.87. The van der Waals surface area contributed by atoms with Gasteiger partial charge in [-0.2, -0.15) is 0 Å². The first kappa shape index (κ1) is 27.8. The smallest absolute Gasteiger partial charge is 0.333 e. The first-order valence-corrected chi connectivity index (χ1v) is 14.9. The quantitative estimate of drug-likeness (QED) is 0.289.